The fraction of sp³-hybridized carbons (Fsp3) is 0.625. The molecule has 1 aromatic rings. The number of aryl methyl sites for hydroxylation is 1. The van der Waals surface area contributed by atoms with Crippen LogP contribution < -0.4 is 0 Å². The first kappa shape index (κ1) is 12.5. The van der Waals surface area contributed by atoms with Gasteiger partial charge in [-0.25, -0.2) is 0 Å². The van der Waals surface area contributed by atoms with Gasteiger partial charge in [-0.2, -0.15) is 0 Å². The van der Waals surface area contributed by atoms with Gasteiger partial charge in [-0.3, -0.25) is 0 Å². The molecule has 18 heavy (non-hydrogen) atoms. The third-order valence-electron chi connectivity index (χ3n) is 4.53. The highest BCUT2D eigenvalue weighted by Crippen LogP contribution is 2.43. The molecule has 0 aromatic heterocycles. The highest BCUT2D eigenvalue weighted by molar-refractivity contribution is 6.21. The molecule has 0 saturated carbocycles. The average molecular weight is 265 g/mol. The van der Waals surface area contributed by atoms with Gasteiger partial charge in [0.15, 0.2) is 0 Å². The molecule has 0 radical (unpaired) electrons. The Morgan fingerprint density at radius 2 is 1.89 bits per heavy atom. The Bertz CT molecular complexity index is 398. The highest BCUT2D eigenvalue weighted by Gasteiger charge is 2.30. The number of hydrogen-bond donors (Lipinski definition) is 0. The molecular formula is C16H21ClO. The summed E-state index contributed by atoms with van der Waals surface area (Å²) in [5.74, 6) is 1.49. The predicted octanol–water partition coefficient (Wildman–Crippen LogP) is 4.35. The highest BCUT2D eigenvalue weighted by atomic mass is 35.5. The lowest BCUT2D eigenvalue weighted by Gasteiger charge is -2.33. The standard InChI is InChI=1S/C16H21ClO/c17-16-14(11-12-7-9-18-10-8-12)6-5-13-3-1-2-4-15(13)16/h1-4,12,14,16H,5-11H2. The molecule has 1 aliphatic heterocycles. The Labute approximate surface area is 114 Å². The lowest BCUT2D eigenvalue weighted by Crippen LogP contribution is -2.23. The normalized spacial score (nSPS) is 28.9. The van der Waals surface area contributed by atoms with Crippen LogP contribution in [0.4, 0.5) is 0 Å². The monoisotopic (exact) mass is 264 g/mol. The van der Waals surface area contributed by atoms with E-state index >= 15 is 0 Å². The van der Waals surface area contributed by atoms with Gasteiger partial charge in [-0.05, 0) is 55.1 Å². The molecule has 98 valence electrons. The fourth-order valence-electron chi connectivity index (χ4n) is 3.42. The molecule has 1 aliphatic carbocycles. The van der Waals surface area contributed by atoms with Gasteiger partial charge in [0, 0.05) is 13.2 Å². The number of hydrogen-bond acceptors (Lipinski definition) is 1. The molecule has 0 amide bonds. The molecular weight excluding hydrogens is 244 g/mol. The first-order chi connectivity index (χ1) is 8.84. The van der Waals surface area contributed by atoms with Crippen molar-refractivity contribution in [3.05, 3.63) is 35.4 Å². The Morgan fingerprint density at radius 3 is 2.72 bits per heavy atom. The molecule has 2 atom stereocenters. The lowest BCUT2D eigenvalue weighted by molar-refractivity contribution is 0.0574. The third-order valence-corrected chi connectivity index (χ3v) is 5.12. The quantitative estimate of drug-likeness (QED) is 0.722. The van der Waals surface area contributed by atoms with Gasteiger partial charge in [0.25, 0.3) is 0 Å². The number of benzene rings is 1. The van der Waals surface area contributed by atoms with Crippen LogP contribution >= 0.6 is 11.6 Å². The topological polar surface area (TPSA) is 9.23 Å². The molecule has 2 heteroatoms. The summed E-state index contributed by atoms with van der Waals surface area (Å²) in [6, 6.07) is 8.69. The number of ether oxygens (including phenoxy) is 1. The van der Waals surface area contributed by atoms with Gasteiger partial charge >= 0.3 is 0 Å². The number of halogens is 1. The zero-order chi connectivity index (χ0) is 12.4. The Morgan fingerprint density at radius 1 is 1.11 bits per heavy atom. The van der Waals surface area contributed by atoms with Crippen LogP contribution in [0.25, 0.3) is 0 Å². The van der Waals surface area contributed by atoms with Gasteiger partial charge in [0.05, 0.1) is 5.38 Å². The minimum atomic E-state index is 0.220. The lowest BCUT2D eigenvalue weighted by atomic mass is 9.77. The summed E-state index contributed by atoms with van der Waals surface area (Å²) in [6.45, 7) is 1.89. The molecule has 1 saturated heterocycles. The third kappa shape index (κ3) is 2.57. The Balaban J connectivity index is 1.68. The second kappa shape index (κ2) is 5.63. The van der Waals surface area contributed by atoms with E-state index in [1.165, 1.54) is 43.2 Å². The maximum absolute atomic E-state index is 6.70. The Hall–Kier alpha value is -0.530. The minimum absolute atomic E-state index is 0.220. The van der Waals surface area contributed by atoms with Gasteiger partial charge in [0.2, 0.25) is 0 Å². The van der Waals surface area contributed by atoms with Crippen molar-refractivity contribution in [1.82, 2.24) is 0 Å². The summed E-state index contributed by atoms with van der Waals surface area (Å²) in [5.41, 5.74) is 2.84. The fourth-order valence-corrected chi connectivity index (χ4v) is 3.86. The van der Waals surface area contributed by atoms with Crippen LogP contribution in [0.3, 0.4) is 0 Å². The summed E-state index contributed by atoms with van der Waals surface area (Å²) in [5, 5.41) is 0.220. The SMILES string of the molecule is ClC1c2ccccc2CCC1CC1CCOCC1. The van der Waals surface area contributed by atoms with E-state index in [-0.39, 0.29) is 5.38 Å². The van der Waals surface area contributed by atoms with Crippen molar-refractivity contribution < 1.29 is 4.74 Å². The van der Waals surface area contributed by atoms with E-state index in [1.807, 2.05) is 0 Å². The van der Waals surface area contributed by atoms with Gasteiger partial charge in [-0.1, -0.05) is 24.3 Å². The van der Waals surface area contributed by atoms with E-state index in [9.17, 15) is 0 Å². The molecule has 1 heterocycles. The van der Waals surface area contributed by atoms with Crippen LogP contribution in [0.2, 0.25) is 0 Å². The molecule has 0 N–H and O–H groups in total. The second-order valence-electron chi connectivity index (χ2n) is 5.69. The van der Waals surface area contributed by atoms with Gasteiger partial charge < -0.3 is 4.74 Å². The summed E-state index contributed by atoms with van der Waals surface area (Å²) >= 11 is 6.70. The molecule has 3 rings (SSSR count). The molecule has 1 fully saturated rings. The van der Waals surface area contributed by atoms with Crippen LogP contribution in [0, 0.1) is 11.8 Å². The van der Waals surface area contributed by atoms with Gasteiger partial charge in [0.1, 0.15) is 0 Å². The summed E-state index contributed by atoms with van der Waals surface area (Å²) in [7, 11) is 0. The van der Waals surface area contributed by atoms with Crippen LogP contribution in [-0.2, 0) is 11.2 Å². The van der Waals surface area contributed by atoms with E-state index in [0.29, 0.717) is 5.92 Å². The summed E-state index contributed by atoms with van der Waals surface area (Å²) in [4.78, 5) is 0. The van der Waals surface area contributed by atoms with Crippen molar-refractivity contribution in [2.75, 3.05) is 13.2 Å². The molecule has 2 unspecified atom stereocenters. The molecule has 1 aromatic carbocycles. The summed E-state index contributed by atoms with van der Waals surface area (Å²) in [6.07, 6.45) is 6.19. The molecule has 2 aliphatic rings. The molecule has 0 spiro atoms. The van der Waals surface area contributed by atoms with E-state index in [4.69, 9.17) is 16.3 Å². The van der Waals surface area contributed by atoms with E-state index < -0.39 is 0 Å². The Kier molecular flexibility index (Phi) is 3.91. The van der Waals surface area contributed by atoms with Crippen molar-refractivity contribution in [2.45, 2.75) is 37.5 Å². The van der Waals surface area contributed by atoms with Crippen LogP contribution in [0.15, 0.2) is 24.3 Å². The van der Waals surface area contributed by atoms with Crippen molar-refractivity contribution in [1.29, 1.82) is 0 Å². The van der Waals surface area contributed by atoms with Gasteiger partial charge in [-0.15, -0.1) is 11.6 Å². The number of rotatable bonds is 2. The van der Waals surface area contributed by atoms with Crippen LogP contribution in [0.1, 0.15) is 42.2 Å². The van der Waals surface area contributed by atoms with Crippen LogP contribution in [-0.4, -0.2) is 13.2 Å². The van der Waals surface area contributed by atoms with Crippen molar-refractivity contribution in [2.24, 2.45) is 11.8 Å². The second-order valence-corrected chi connectivity index (χ2v) is 6.16. The first-order valence-electron chi connectivity index (χ1n) is 7.14. The molecule has 0 bridgehead atoms. The van der Waals surface area contributed by atoms with E-state index in [2.05, 4.69) is 24.3 Å². The predicted molar refractivity (Wildman–Crippen MR) is 75.0 cm³/mol. The smallest absolute Gasteiger partial charge is 0.0616 e. The number of fused-ring (bicyclic) bond motifs is 1. The zero-order valence-corrected chi connectivity index (χ0v) is 11.5. The average Bonchev–Trinajstić information content (AvgIpc) is 2.43. The summed E-state index contributed by atoms with van der Waals surface area (Å²) < 4.78 is 5.44. The van der Waals surface area contributed by atoms with Crippen molar-refractivity contribution in [3.63, 3.8) is 0 Å². The maximum atomic E-state index is 6.70. The first-order valence-corrected chi connectivity index (χ1v) is 7.58. The largest absolute Gasteiger partial charge is 0.381 e. The van der Waals surface area contributed by atoms with Crippen LogP contribution in [0.5, 0.6) is 0 Å². The zero-order valence-electron chi connectivity index (χ0n) is 10.8. The molecule has 1 nitrogen and oxygen atoms in total. The maximum Gasteiger partial charge on any atom is 0.0616 e. The van der Waals surface area contributed by atoms with Crippen molar-refractivity contribution in [3.8, 4) is 0 Å². The van der Waals surface area contributed by atoms with E-state index in [1.54, 1.807) is 0 Å². The van der Waals surface area contributed by atoms with Crippen molar-refractivity contribution >= 4 is 11.6 Å². The van der Waals surface area contributed by atoms with E-state index in [0.717, 1.165) is 19.1 Å². The number of alkyl halides is 1. The minimum Gasteiger partial charge on any atom is -0.381 e.